The van der Waals surface area contributed by atoms with Crippen LogP contribution in [-0.2, 0) is 4.79 Å². The van der Waals surface area contributed by atoms with Crippen molar-refractivity contribution in [2.75, 3.05) is 10.6 Å². The summed E-state index contributed by atoms with van der Waals surface area (Å²) >= 11 is 0. The molecule has 0 heterocycles. The molecule has 0 aliphatic heterocycles. The van der Waals surface area contributed by atoms with E-state index >= 15 is 0 Å². The Kier molecular flexibility index (Phi) is 5.47. The summed E-state index contributed by atoms with van der Waals surface area (Å²) in [5, 5.41) is 16.7. The minimum Gasteiger partial charge on any atom is -0.349 e. The van der Waals surface area contributed by atoms with Gasteiger partial charge in [-0.3, -0.25) is 14.4 Å². The van der Waals surface area contributed by atoms with Crippen LogP contribution in [0.1, 0.15) is 40.0 Å². The van der Waals surface area contributed by atoms with Gasteiger partial charge in [-0.25, -0.2) is 0 Å². The number of rotatable bonds is 6. The molecule has 3 amide bonds. The van der Waals surface area contributed by atoms with Gasteiger partial charge in [0.25, 0.3) is 11.8 Å². The highest BCUT2D eigenvalue weighted by Gasteiger charge is 2.23. The van der Waals surface area contributed by atoms with Crippen molar-refractivity contribution in [1.82, 2.24) is 5.32 Å². The number of nitriles is 1. The SMILES string of the molecule is N#CCC(=O)Nc1ccc(C(=O)Nc2cccc(C(=O)NC3CC3)c2)cc1. The summed E-state index contributed by atoms with van der Waals surface area (Å²) in [5.74, 6) is -0.883. The molecular weight excluding hydrogens is 344 g/mol. The van der Waals surface area contributed by atoms with E-state index < -0.39 is 5.91 Å². The molecular formula is C20H18N4O3. The van der Waals surface area contributed by atoms with E-state index in [1.807, 2.05) is 0 Å². The normalized spacial score (nSPS) is 12.6. The standard InChI is InChI=1S/C20H18N4O3/c21-11-10-18(25)22-15-6-4-13(5-7-15)19(26)24-17-3-1-2-14(12-17)20(27)23-16-8-9-16/h1-7,12,16H,8-10H2,(H,22,25)(H,23,27)(H,24,26). The summed E-state index contributed by atoms with van der Waals surface area (Å²) in [4.78, 5) is 35.9. The molecule has 0 saturated heterocycles. The first-order valence-electron chi connectivity index (χ1n) is 8.54. The third-order valence-electron chi connectivity index (χ3n) is 3.97. The van der Waals surface area contributed by atoms with Crippen LogP contribution in [-0.4, -0.2) is 23.8 Å². The zero-order valence-corrected chi connectivity index (χ0v) is 14.5. The molecule has 1 aliphatic carbocycles. The molecule has 1 aliphatic rings. The maximum Gasteiger partial charge on any atom is 0.255 e. The summed E-state index contributed by atoms with van der Waals surface area (Å²) in [6.45, 7) is 0. The number of hydrogen-bond acceptors (Lipinski definition) is 4. The minimum atomic E-state index is -0.406. The van der Waals surface area contributed by atoms with E-state index in [9.17, 15) is 14.4 Å². The molecule has 3 N–H and O–H groups in total. The van der Waals surface area contributed by atoms with Crippen LogP contribution < -0.4 is 16.0 Å². The molecule has 0 unspecified atom stereocenters. The van der Waals surface area contributed by atoms with Crippen LogP contribution >= 0.6 is 0 Å². The number of carbonyl (C=O) groups is 3. The Bertz CT molecular complexity index is 912. The number of nitrogens with zero attached hydrogens (tertiary/aromatic N) is 1. The number of amides is 3. The number of hydrogen-bond donors (Lipinski definition) is 3. The smallest absolute Gasteiger partial charge is 0.255 e. The average Bonchev–Trinajstić information content (AvgIpc) is 3.46. The van der Waals surface area contributed by atoms with Crippen LogP contribution in [0.15, 0.2) is 48.5 Å². The molecule has 0 bridgehead atoms. The second-order valence-electron chi connectivity index (χ2n) is 6.24. The van der Waals surface area contributed by atoms with E-state index in [0.717, 1.165) is 12.8 Å². The summed E-state index contributed by atoms with van der Waals surface area (Å²) < 4.78 is 0. The molecule has 7 heteroatoms. The average molecular weight is 362 g/mol. The van der Waals surface area contributed by atoms with E-state index in [1.54, 1.807) is 54.6 Å². The van der Waals surface area contributed by atoms with Crippen molar-refractivity contribution in [2.24, 2.45) is 0 Å². The van der Waals surface area contributed by atoms with Gasteiger partial charge < -0.3 is 16.0 Å². The van der Waals surface area contributed by atoms with Crippen LogP contribution in [0, 0.1) is 11.3 Å². The first-order valence-corrected chi connectivity index (χ1v) is 8.54. The van der Waals surface area contributed by atoms with Gasteiger partial charge in [0.2, 0.25) is 5.91 Å². The van der Waals surface area contributed by atoms with Crippen molar-refractivity contribution in [3.8, 4) is 6.07 Å². The molecule has 3 rings (SSSR count). The highest BCUT2D eigenvalue weighted by atomic mass is 16.2. The second-order valence-corrected chi connectivity index (χ2v) is 6.24. The Hall–Kier alpha value is -3.66. The third-order valence-corrected chi connectivity index (χ3v) is 3.97. The molecule has 0 spiro atoms. The van der Waals surface area contributed by atoms with Crippen molar-refractivity contribution < 1.29 is 14.4 Å². The maximum absolute atomic E-state index is 12.4. The fourth-order valence-electron chi connectivity index (χ4n) is 2.42. The predicted octanol–water partition coefficient (Wildman–Crippen LogP) is 2.68. The van der Waals surface area contributed by atoms with Crippen LogP contribution in [0.2, 0.25) is 0 Å². The number of benzene rings is 2. The van der Waals surface area contributed by atoms with Gasteiger partial charge in [0.05, 0.1) is 6.07 Å². The van der Waals surface area contributed by atoms with Crippen molar-refractivity contribution in [1.29, 1.82) is 5.26 Å². The van der Waals surface area contributed by atoms with E-state index in [1.165, 1.54) is 0 Å². The monoisotopic (exact) mass is 362 g/mol. The van der Waals surface area contributed by atoms with E-state index in [-0.39, 0.29) is 24.3 Å². The lowest BCUT2D eigenvalue weighted by Gasteiger charge is -2.09. The second kappa shape index (κ2) is 8.15. The van der Waals surface area contributed by atoms with Crippen LogP contribution in [0.3, 0.4) is 0 Å². The summed E-state index contributed by atoms with van der Waals surface area (Å²) in [7, 11) is 0. The quantitative estimate of drug-likeness (QED) is 0.733. The number of anilines is 2. The molecule has 1 fully saturated rings. The van der Waals surface area contributed by atoms with Gasteiger partial charge in [-0.1, -0.05) is 6.07 Å². The Morgan fingerprint density at radius 1 is 0.926 bits per heavy atom. The van der Waals surface area contributed by atoms with Gasteiger partial charge in [-0.2, -0.15) is 5.26 Å². The third kappa shape index (κ3) is 5.16. The highest BCUT2D eigenvalue weighted by Crippen LogP contribution is 2.20. The van der Waals surface area contributed by atoms with Gasteiger partial charge >= 0.3 is 0 Å². The molecule has 136 valence electrons. The van der Waals surface area contributed by atoms with E-state index in [2.05, 4.69) is 16.0 Å². The Balaban J connectivity index is 1.62. The van der Waals surface area contributed by atoms with Gasteiger partial charge in [-0.15, -0.1) is 0 Å². The first kappa shape index (κ1) is 18.1. The fourth-order valence-corrected chi connectivity index (χ4v) is 2.42. The highest BCUT2D eigenvalue weighted by molar-refractivity contribution is 6.05. The molecule has 0 atom stereocenters. The van der Waals surface area contributed by atoms with Crippen LogP contribution in [0.25, 0.3) is 0 Å². The van der Waals surface area contributed by atoms with Crippen molar-refractivity contribution in [3.63, 3.8) is 0 Å². The fraction of sp³-hybridized carbons (Fsp3) is 0.200. The molecule has 7 nitrogen and oxygen atoms in total. The molecule has 0 aromatic heterocycles. The summed E-state index contributed by atoms with van der Waals surface area (Å²) in [6, 6.07) is 15.1. The van der Waals surface area contributed by atoms with Gasteiger partial charge in [-0.05, 0) is 55.3 Å². The topological polar surface area (TPSA) is 111 Å². The molecule has 0 radical (unpaired) electrons. The van der Waals surface area contributed by atoms with Crippen LogP contribution in [0.4, 0.5) is 11.4 Å². The lowest BCUT2D eigenvalue weighted by atomic mass is 10.1. The molecule has 2 aromatic rings. The van der Waals surface area contributed by atoms with Crippen molar-refractivity contribution in [3.05, 3.63) is 59.7 Å². The predicted molar refractivity (Wildman–Crippen MR) is 100 cm³/mol. The largest absolute Gasteiger partial charge is 0.349 e. The molecule has 2 aromatic carbocycles. The zero-order chi connectivity index (χ0) is 19.2. The molecule has 27 heavy (non-hydrogen) atoms. The Labute approximate surface area is 156 Å². The minimum absolute atomic E-state index is 0.147. The van der Waals surface area contributed by atoms with Gasteiger partial charge in [0.15, 0.2) is 0 Å². The van der Waals surface area contributed by atoms with Gasteiger partial charge in [0.1, 0.15) is 6.42 Å². The Morgan fingerprint density at radius 3 is 2.33 bits per heavy atom. The van der Waals surface area contributed by atoms with Gasteiger partial charge in [0, 0.05) is 28.5 Å². The number of nitrogens with one attached hydrogen (secondary N) is 3. The zero-order valence-electron chi connectivity index (χ0n) is 14.5. The van der Waals surface area contributed by atoms with E-state index in [4.69, 9.17) is 5.26 Å². The lowest BCUT2D eigenvalue weighted by Crippen LogP contribution is -2.25. The molecule has 1 saturated carbocycles. The van der Waals surface area contributed by atoms with Crippen molar-refractivity contribution in [2.45, 2.75) is 25.3 Å². The van der Waals surface area contributed by atoms with E-state index in [0.29, 0.717) is 22.5 Å². The van der Waals surface area contributed by atoms with Crippen molar-refractivity contribution >= 4 is 29.1 Å². The number of carbonyl (C=O) groups excluding carboxylic acids is 3. The maximum atomic E-state index is 12.4. The summed E-state index contributed by atoms with van der Waals surface area (Å²) in [6.07, 6.45) is 1.79. The first-order chi connectivity index (χ1) is 13.0. The lowest BCUT2D eigenvalue weighted by molar-refractivity contribution is -0.115. The van der Waals surface area contributed by atoms with Crippen LogP contribution in [0.5, 0.6) is 0 Å². The summed E-state index contributed by atoms with van der Waals surface area (Å²) in [5.41, 5.74) is 1.93. The Morgan fingerprint density at radius 2 is 1.67 bits per heavy atom.